The van der Waals surface area contributed by atoms with Gasteiger partial charge in [-0.1, -0.05) is 0 Å². The van der Waals surface area contributed by atoms with Crippen LogP contribution in [-0.2, 0) is 0 Å². The Bertz CT molecular complexity index is 575. The van der Waals surface area contributed by atoms with Crippen molar-refractivity contribution >= 4 is 11.7 Å². The van der Waals surface area contributed by atoms with Gasteiger partial charge in [0.15, 0.2) is 5.75 Å². The third-order valence-electron chi connectivity index (χ3n) is 2.69. The first-order valence-corrected chi connectivity index (χ1v) is 5.82. The maximum Gasteiger partial charge on any atom is 0.335 e. The number of ether oxygens (including phenoxy) is 1. The molecule has 0 spiro atoms. The molecule has 1 N–H and O–H groups in total. The molecular formula is C13H14N2O5. The third kappa shape index (κ3) is 3.95. The lowest BCUT2D eigenvalue weighted by Gasteiger charge is -2.15. The first-order chi connectivity index (χ1) is 9.26. The van der Waals surface area contributed by atoms with Gasteiger partial charge in [0.1, 0.15) is 0 Å². The molecule has 0 saturated carbocycles. The van der Waals surface area contributed by atoms with Gasteiger partial charge in [-0.25, -0.2) is 4.79 Å². The number of rotatable bonds is 6. The zero-order chi connectivity index (χ0) is 15.3. The number of nitro benzene ring substituents is 1. The molecule has 0 radical (unpaired) electrons. The Morgan fingerprint density at radius 3 is 2.70 bits per heavy atom. The maximum atomic E-state index is 10.9. The van der Waals surface area contributed by atoms with E-state index in [1.54, 1.807) is 13.8 Å². The number of hydrogen-bond donors (Lipinski definition) is 1. The number of carboxylic acid groups (broad SMARTS) is 1. The van der Waals surface area contributed by atoms with Crippen molar-refractivity contribution in [3.8, 4) is 11.8 Å². The second-order valence-corrected chi connectivity index (χ2v) is 4.84. The molecular weight excluding hydrogens is 264 g/mol. The molecule has 0 heterocycles. The fourth-order valence-electron chi connectivity index (χ4n) is 1.39. The van der Waals surface area contributed by atoms with E-state index in [4.69, 9.17) is 15.1 Å². The molecule has 0 aliphatic heterocycles. The van der Waals surface area contributed by atoms with Gasteiger partial charge in [0.2, 0.25) is 0 Å². The Kier molecular flexibility index (Phi) is 4.64. The molecule has 0 aromatic heterocycles. The highest BCUT2D eigenvalue weighted by Gasteiger charge is 2.20. The number of benzene rings is 1. The Labute approximate surface area is 115 Å². The number of nitrogens with zero attached hydrogens (tertiary/aromatic N) is 2. The summed E-state index contributed by atoms with van der Waals surface area (Å²) >= 11 is 0. The minimum atomic E-state index is -1.25. The minimum Gasteiger partial charge on any atom is -0.487 e. The molecule has 106 valence electrons. The third-order valence-corrected chi connectivity index (χ3v) is 2.69. The summed E-state index contributed by atoms with van der Waals surface area (Å²) in [7, 11) is 0. The molecule has 0 bridgehead atoms. The molecule has 20 heavy (non-hydrogen) atoms. The average molecular weight is 278 g/mol. The first-order valence-electron chi connectivity index (χ1n) is 5.82. The van der Waals surface area contributed by atoms with E-state index in [2.05, 4.69) is 6.07 Å². The highest BCUT2D eigenvalue weighted by molar-refractivity contribution is 5.88. The van der Waals surface area contributed by atoms with E-state index in [-0.39, 0.29) is 17.9 Å². The highest BCUT2D eigenvalue weighted by atomic mass is 16.6. The lowest BCUT2D eigenvalue weighted by Crippen LogP contribution is -2.13. The zero-order valence-corrected chi connectivity index (χ0v) is 11.1. The molecule has 1 aromatic carbocycles. The van der Waals surface area contributed by atoms with E-state index >= 15 is 0 Å². The molecule has 0 amide bonds. The van der Waals surface area contributed by atoms with Crippen molar-refractivity contribution < 1.29 is 19.6 Å². The minimum absolute atomic E-state index is 0.00580. The smallest absolute Gasteiger partial charge is 0.335 e. The largest absolute Gasteiger partial charge is 0.487 e. The Morgan fingerprint density at radius 2 is 2.20 bits per heavy atom. The fourth-order valence-corrected chi connectivity index (χ4v) is 1.39. The van der Waals surface area contributed by atoms with Gasteiger partial charge in [0.05, 0.1) is 28.6 Å². The van der Waals surface area contributed by atoms with E-state index in [0.717, 1.165) is 6.07 Å². The summed E-state index contributed by atoms with van der Waals surface area (Å²) in [5, 5.41) is 28.5. The lowest BCUT2D eigenvalue weighted by atomic mass is 9.92. The van der Waals surface area contributed by atoms with Gasteiger partial charge in [-0.15, -0.1) is 0 Å². The van der Waals surface area contributed by atoms with E-state index in [0.29, 0.717) is 6.42 Å². The summed E-state index contributed by atoms with van der Waals surface area (Å²) in [6, 6.07) is 5.54. The number of nitriles is 1. The normalized spacial score (nSPS) is 10.7. The van der Waals surface area contributed by atoms with E-state index < -0.39 is 22.0 Å². The zero-order valence-electron chi connectivity index (χ0n) is 11.1. The predicted molar refractivity (Wildman–Crippen MR) is 69.6 cm³/mol. The van der Waals surface area contributed by atoms with E-state index in [1.807, 2.05) is 0 Å². The number of nitro groups is 1. The second-order valence-electron chi connectivity index (χ2n) is 4.84. The van der Waals surface area contributed by atoms with Gasteiger partial charge in [-0.05, 0) is 32.4 Å². The van der Waals surface area contributed by atoms with Crippen molar-refractivity contribution in [2.45, 2.75) is 20.3 Å². The van der Waals surface area contributed by atoms with Crippen LogP contribution in [0.3, 0.4) is 0 Å². The monoisotopic (exact) mass is 278 g/mol. The van der Waals surface area contributed by atoms with Crippen LogP contribution in [0.2, 0.25) is 0 Å². The van der Waals surface area contributed by atoms with Crippen LogP contribution in [0.1, 0.15) is 30.6 Å². The molecule has 0 saturated heterocycles. The van der Waals surface area contributed by atoms with Crippen LogP contribution in [-0.4, -0.2) is 22.6 Å². The van der Waals surface area contributed by atoms with Crippen LogP contribution in [0.4, 0.5) is 5.69 Å². The van der Waals surface area contributed by atoms with Crippen molar-refractivity contribution in [1.29, 1.82) is 5.26 Å². The lowest BCUT2D eigenvalue weighted by molar-refractivity contribution is -0.385. The molecule has 0 aliphatic carbocycles. The van der Waals surface area contributed by atoms with Gasteiger partial charge in [-0.2, -0.15) is 5.26 Å². The van der Waals surface area contributed by atoms with Crippen LogP contribution in [0.5, 0.6) is 5.75 Å². The molecule has 0 unspecified atom stereocenters. The summed E-state index contributed by atoms with van der Waals surface area (Å²) in [6.45, 7) is 3.60. The van der Waals surface area contributed by atoms with Gasteiger partial charge in [0, 0.05) is 6.07 Å². The van der Waals surface area contributed by atoms with Gasteiger partial charge in [0.25, 0.3) is 0 Å². The van der Waals surface area contributed by atoms with Crippen LogP contribution >= 0.6 is 0 Å². The number of carboxylic acids is 1. The van der Waals surface area contributed by atoms with Gasteiger partial charge < -0.3 is 9.84 Å². The number of carbonyl (C=O) groups is 1. The van der Waals surface area contributed by atoms with Crippen molar-refractivity contribution in [2.75, 3.05) is 6.61 Å². The van der Waals surface area contributed by atoms with Crippen LogP contribution in [0, 0.1) is 26.9 Å². The molecule has 1 aromatic rings. The Morgan fingerprint density at radius 1 is 1.55 bits per heavy atom. The molecule has 0 atom stereocenters. The van der Waals surface area contributed by atoms with Gasteiger partial charge in [-0.3, -0.25) is 10.1 Å². The standard InChI is InChI=1S/C13H14N2O5/c1-13(2,8-14)5-6-20-11-4-3-9(12(16)17)7-10(11)15(18)19/h3-4,7H,5-6H2,1-2H3,(H,16,17). The summed E-state index contributed by atoms with van der Waals surface area (Å²) in [5.41, 5.74) is -1.17. The molecule has 7 heteroatoms. The summed E-state index contributed by atoms with van der Waals surface area (Å²) in [6.07, 6.45) is 0.404. The Balaban J connectivity index is 2.88. The van der Waals surface area contributed by atoms with E-state index in [9.17, 15) is 14.9 Å². The fraction of sp³-hybridized carbons (Fsp3) is 0.385. The maximum absolute atomic E-state index is 10.9. The van der Waals surface area contributed by atoms with Crippen molar-refractivity contribution in [3.05, 3.63) is 33.9 Å². The van der Waals surface area contributed by atoms with Crippen LogP contribution < -0.4 is 4.74 Å². The number of hydrogen-bond acceptors (Lipinski definition) is 5. The Hall–Kier alpha value is -2.62. The van der Waals surface area contributed by atoms with E-state index in [1.165, 1.54) is 12.1 Å². The number of aromatic carboxylic acids is 1. The first kappa shape index (κ1) is 15.4. The topological polar surface area (TPSA) is 113 Å². The predicted octanol–water partition coefficient (Wildman–Crippen LogP) is 2.61. The molecule has 0 aliphatic rings. The summed E-state index contributed by atoms with van der Waals surface area (Å²) in [5.74, 6) is -1.25. The molecule has 0 fully saturated rings. The van der Waals surface area contributed by atoms with Crippen LogP contribution in [0.15, 0.2) is 18.2 Å². The average Bonchev–Trinajstić information content (AvgIpc) is 2.38. The molecule has 1 rings (SSSR count). The van der Waals surface area contributed by atoms with Crippen molar-refractivity contribution in [3.63, 3.8) is 0 Å². The summed E-state index contributed by atoms with van der Waals surface area (Å²) < 4.78 is 5.29. The van der Waals surface area contributed by atoms with Crippen molar-refractivity contribution in [1.82, 2.24) is 0 Å². The van der Waals surface area contributed by atoms with Gasteiger partial charge >= 0.3 is 11.7 Å². The van der Waals surface area contributed by atoms with Crippen LogP contribution in [0.25, 0.3) is 0 Å². The highest BCUT2D eigenvalue weighted by Crippen LogP contribution is 2.29. The van der Waals surface area contributed by atoms with Crippen molar-refractivity contribution in [2.24, 2.45) is 5.41 Å². The second kappa shape index (κ2) is 6.02. The molecule has 7 nitrogen and oxygen atoms in total. The quantitative estimate of drug-likeness (QED) is 0.632. The summed E-state index contributed by atoms with van der Waals surface area (Å²) in [4.78, 5) is 21.0. The SMILES string of the molecule is CC(C)(C#N)CCOc1ccc(C(=O)O)cc1[N+](=O)[O-].